The van der Waals surface area contributed by atoms with Crippen LogP contribution in [0.2, 0.25) is 0 Å². The maximum absolute atomic E-state index is 12.1. The van der Waals surface area contributed by atoms with Crippen LogP contribution in [0, 0.1) is 0 Å². The second kappa shape index (κ2) is 8.15. The minimum absolute atomic E-state index is 0.0320. The summed E-state index contributed by atoms with van der Waals surface area (Å²) in [5, 5.41) is 16.2. The first kappa shape index (κ1) is 16.8. The fraction of sp³-hybridized carbons (Fsp3) is 0.588. The molecule has 1 aromatic carbocycles. The molecule has 3 unspecified atom stereocenters. The first-order chi connectivity index (χ1) is 10.6. The van der Waals surface area contributed by atoms with Crippen LogP contribution >= 0.6 is 0 Å². The van der Waals surface area contributed by atoms with E-state index in [1.54, 1.807) is 7.11 Å². The predicted molar refractivity (Wildman–Crippen MR) is 87.1 cm³/mol. The van der Waals surface area contributed by atoms with Crippen LogP contribution in [-0.2, 0) is 4.79 Å². The molecule has 0 aliphatic heterocycles. The molecule has 1 aliphatic carbocycles. The maximum Gasteiger partial charge on any atom is 0.225 e. The van der Waals surface area contributed by atoms with E-state index in [4.69, 9.17) is 4.74 Å². The molecule has 0 saturated heterocycles. The van der Waals surface area contributed by atoms with E-state index in [9.17, 15) is 9.90 Å². The van der Waals surface area contributed by atoms with E-state index in [0.29, 0.717) is 6.42 Å². The summed E-state index contributed by atoms with van der Waals surface area (Å²) in [4.78, 5) is 12.1. The van der Waals surface area contributed by atoms with Crippen LogP contribution < -0.4 is 15.4 Å². The van der Waals surface area contributed by atoms with Crippen LogP contribution in [0.1, 0.15) is 39.0 Å². The number of benzene rings is 1. The quantitative estimate of drug-likeness (QED) is 0.754. The first-order valence-electron chi connectivity index (χ1n) is 7.96. The highest BCUT2D eigenvalue weighted by Crippen LogP contribution is 2.19. The monoisotopic (exact) mass is 306 g/mol. The minimum Gasteiger partial charge on any atom is -0.497 e. The van der Waals surface area contributed by atoms with Crippen molar-refractivity contribution in [2.45, 2.75) is 57.2 Å². The lowest BCUT2D eigenvalue weighted by molar-refractivity contribution is -0.116. The van der Waals surface area contributed by atoms with E-state index < -0.39 is 0 Å². The molecule has 0 radical (unpaired) electrons. The Labute approximate surface area is 132 Å². The van der Waals surface area contributed by atoms with Crippen molar-refractivity contribution in [2.24, 2.45) is 0 Å². The summed E-state index contributed by atoms with van der Waals surface area (Å²) < 4.78 is 5.09. The van der Waals surface area contributed by atoms with Crippen molar-refractivity contribution >= 4 is 11.6 Å². The van der Waals surface area contributed by atoms with Gasteiger partial charge in [-0.15, -0.1) is 0 Å². The molecule has 2 rings (SSSR count). The number of rotatable bonds is 6. The van der Waals surface area contributed by atoms with Gasteiger partial charge in [0, 0.05) is 24.2 Å². The zero-order valence-corrected chi connectivity index (χ0v) is 13.3. The predicted octanol–water partition coefficient (Wildman–Crippen LogP) is 2.31. The van der Waals surface area contributed by atoms with Crippen LogP contribution in [0.25, 0.3) is 0 Å². The van der Waals surface area contributed by atoms with Crippen molar-refractivity contribution in [3.05, 3.63) is 24.3 Å². The van der Waals surface area contributed by atoms with Crippen LogP contribution in [0.4, 0.5) is 5.69 Å². The largest absolute Gasteiger partial charge is 0.497 e. The standard InChI is InChI=1S/C17H26N2O3/c1-12(18-15-5-3-4-6-16(15)20)11-17(21)19-13-7-9-14(22-2)10-8-13/h7-10,12,15-16,18,20H,3-6,11H2,1-2H3,(H,19,21). The number of hydrogen-bond donors (Lipinski definition) is 3. The molecule has 5 heteroatoms. The van der Waals surface area contributed by atoms with E-state index >= 15 is 0 Å². The number of methoxy groups -OCH3 is 1. The molecule has 22 heavy (non-hydrogen) atoms. The summed E-state index contributed by atoms with van der Waals surface area (Å²) in [5.41, 5.74) is 0.760. The highest BCUT2D eigenvalue weighted by molar-refractivity contribution is 5.91. The molecule has 5 nitrogen and oxygen atoms in total. The van der Waals surface area contributed by atoms with Crippen molar-refractivity contribution in [3.63, 3.8) is 0 Å². The number of hydrogen-bond acceptors (Lipinski definition) is 4. The summed E-state index contributed by atoms with van der Waals surface area (Å²) in [7, 11) is 1.61. The lowest BCUT2D eigenvalue weighted by Crippen LogP contribution is -2.47. The zero-order chi connectivity index (χ0) is 15.9. The zero-order valence-electron chi connectivity index (χ0n) is 13.3. The Balaban J connectivity index is 1.77. The molecular formula is C17H26N2O3. The molecule has 0 spiro atoms. The normalized spacial score (nSPS) is 22.9. The third kappa shape index (κ3) is 5.00. The molecule has 1 aliphatic rings. The van der Waals surface area contributed by atoms with Crippen LogP contribution in [0.15, 0.2) is 24.3 Å². The maximum atomic E-state index is 12.1. The second-order valence-corrected chi connectivity index (χ2v) is 6.01. The number of anilines is 1. The number of amides is 1. The summed E-state index contributed by atoms with van der Waals surface area (Å²) in [5.74, 6) is 0.731. The first-order valence-corrected chi connectivity index (χ1v) is 7.96. The van der Waals surface area contributed by atoms with E-state index in [-0.39, 0.29) is 24.1 Å². The number of aliphatic hydroxyl groups excluding tert-OH is 1. The number of aliphatic hydroxyl groups is 1. The van der Waals surface area contributed by atoms with E-state index in [0.717, 1.165) is 37.1 Å². The molecule has 122 valence electrons. The van der Waals surface area contributed by atoms with Crippen LogP contribution in [-0.4, -0.2) is 36.3 Å². The molecule has 0 aromatic heterocycles. The van der Waals surface area contributed by atoms with Crippen LogP contribution in [0.3, 0.4) is 0 Å². The number of carbonyl (C=O) groups is 1. The van der Waals surface area contributed by atoms with Crippen molar-refractivity contribution in [1.82, 2.24) is 5.32 Å². The van der Waals surface area contributed by atoms with Gasteiger partial charge in [0.25, 0.3) is 0 Å². The van der Waals surface area contributed by atoms with Gasteiger partial charge in [-0.25, -0.2) is 0 Å². The van der Waals surface area contributed by atoms with Gasteiger partial charge in [-0.05, 0) is 44.0 Å². The fourth-order valence-corrected chi connectivity index (χ4v) is 2.89. The second-order valence-electron chi connectivity index (χ2n) is 6.01. The molecule has 1 aromatic rings. The lowest BCUT2D eigenvalue weighted by Gasteiger charge is -2.31. The van der Waals surface area contributed by atoms with Gasteiger partial charge in [0.1, 0.15) is 5.75 Å². The van der Waals surface area contributed by atoms with Gasteiger partial charge in [0.15, 0.2) is 0 Å². The Morgan fingerprint density at radius 2 is 2.00 bits per heavy atom. The third-order valence-corrected chi connectivity index (χ3v) is 4.09. The summed E-state index contributed by atoms with van der Waals surface area (Å²) in [6.45, 7) is 1.98. The molecule has 0 bridgehead atoms. The van der Waals surface area contributed by atoms with E-state index in [1.807, 2.05) is 31.2 Å². The third-order valence-electron chi connectivity index (χ3n) is 4.09. The number of nitrogens with one attached hydrogen (secondary N) is 2. The highest BCUT2D eigenvalue weighted by Gasteiger charge is 2.24. The molecular weight excluding hydrogens is 280 g/mol. The SMILES string of the molecule is COc1ccc(NC(=O)CC(C)NC2CCCCC2O)cc1. The fourth-order valence-electron chi connectivity index (χ4n) is 2.89. The Bertz CT molecular complexity index is 475. The van der Waals surface area contributed by atoms with Gasteiger partial charge in [-0.1, -0.05) is 12.8 Å². The van der Waals surface area contributed by atoms with Crippen molar-refractivity contribution < 1.29 is 14.6 Å². The topological polar surface area (TPSA) is 70.6 Å². The molecule has 1 amide bonds. The van der Waals surface area contributed by atoms with Gasteiger partial charge >= 0.3 is 0 Å². The average Bonchev–Trinajstić information content (AvgIpc) is 2.50. The van der Waals surface area contributed by atoms with Crippen LogP contribution in [0.5, 0.6) is 5.75 Å². The Kier molecular flexibility index (Phi) is 6.21. The van der Waals surface area contributed by atoms with Gasteiger partial charge in [0.2, 0.25) is 5.91 Å². The lowest BCUT2D eigenvalue weighted by atomic mass is 9.92. The summed E-state index contributed by atoms with van der Waals surface area (Å²) >= 11 is 0. The van der Waals surface area contributed by atoms with E-state index in [1.165, 1.54) is 0 Å². The Morgan fingerprint density at radius 3 is 2.64 bits per heavy atom. The Hall–Kier alpha value is -1.59. The van der Waals surface area contributed by atoms with Crippen molar-refractivity contribution in [1.29, 1.82) is 0 Å². The van der Waals surface area contributed by atoms with Gasteiger partial charge in [0.05, 0.1) is 13.2 Å². The molecule has 0 heterocycles. The van der Waals surface area contributed by atoms with Crippen molar-refractivity contribution in [3.8, 4) is 5.75 Å². The van der Waals surface area contributed by atoms with Gasteiger partial charge in [-0.2, -0.15) is 0 Å². The molecule has 3 N–H and O–H groups in total. The number of ether oxygens (including phenoxy) is 1. The summed E-state index contributed by atoms with van der Waals surface area (Å²) in [6.07, 6.45) is 4.15. The molecule has 1 fully saturated rings. The average molecular weight is 306 g/mol. The van der Waals surface area contributed by atoms with Gasteiger partial charge in [-0.3, -0.25) is 4.79 Å². The molecule has 3 atom stereocenters. The van der Waals surface area contributed by atoms with Crippen molar-refractivity contribution in [2.75, 3.05) is 12.4 Å². The Morgan fingerprint density at radius 1 is 1.32 bits per heavy atom. The molecule has 1 saturated carbocycles. The van der Waals surface area contributed by atoms with Gasteiger partial charge < -0.3 is 20.5 Å². The number of carbonyl (C=O) groups excluding carboxylic acids is 1. The minimum atomic E-state index is -0.291. The smallest absolute Gasteiger partial charge is 0.225 e. The van der Waals surface area contributed by atoms with E-state index in [2.05, 4.69) is 10.6 Å². The summed E-state index contributed by atoms with van der Waals surface area (Å²) in [6, 6.07) is 7.42. The highest BCUT2D eigenvalue weighted by atomic mass is 16.5.